The van der Waals surface area contributed by atoms with E-state index in [9.17, 15) is 10.1 Å². The number of nitrogens with zero attached hydrogens (tertiary/aromatic N) is 1. The first kappa shape index (κ1) is 25.8. The Kier molecular flexibility index (Phi) is 15.2. The van der Waals surface area contributed by atoms with Crippen LogP contribution in [0.4, 0.5) is 10.5 Å². The van der Waals surface area contributed by atoms with E-state index in [0.717, 1.165) is 19.3 Å². The molecule has 0 aromatic heterocycles. The van der Waals surface area contributed by atoms with E-state index in [4.69, 9.17) is 9.47 Å². The minimum atomic E-state index is -0.543. The molecule has 168 valence electrons. The lowest BCUT2D eigenvalue weighted by Gasteiger charge is -2.11. The van der Waals surface area contributed by atoms with Crippen molar-refractivity contribution in [1.82, 2.24) is 0 Å². The van der Waals surface area contributed by atoms with Crippen LogP contribution in [0.1, 0.15) is 90.4 Å². The van der Waals surface area contributed by atoms with Crippen molar-refractivity contribution < 1.29 is 14.3 Å². The number of nitriles is 1. The summed E-state index contributed by atoms with van der Waals surface area (Å²) in [5, 5.41) is 12.0. The second kappa shape index (κ2) is 17.6. The Morgan fingerprint density at radius 1 is 1.00 bits per heavy atom. The predicted octanol–water partition coefficient (Wildman–Crippen LogP) is 7.47. The number of carbonyl (C=O) groups is 1. The molecule has 1 aromatic rings. The summed E-state index contributed by atoms with van der Waals surface area (Å²) in [6.07, 6.45) is 15.8. The van der Waals surface area contributed by atoms with Gasteiger partial charge in [-0.15, -0.1) is 0 Å². The van der Waals surface area contributed by atoms with E-state index < -0.39 is 6.09 Å². The maximum Gasteiger partial charge on any atom is 0.411 e. The Bertz CT molecular complexity index is 613. The molecule has 0 fully saturated rings. The molecule has 0 aliphatic heterocycles. The third-order valence-electron chi connectivity index (χ3n) is 5.32. The molecule has 1 N–H and O–H groups in total. The molecule has 1 rings (SSSR count). The van der Waals surface area contributed by atoms with Crippen LogP contribution in [0.2, 0.25) is 0 Å². The van der Waals surface area contributed by atoms with Gasteiger partial charge in [-0.1, -0.05) is 90.0 Å². The van der Waals surface area contributed by atoms with Crippen molar-refractivity contribution in [2.75, 3.05) is 19.0 Å². The van der Waals surface area contributed by atoms with Gasteiger partial charge in [0, 0.05) is 11.8 Å². The molecule has 0 aliphatic carbocycles. The number of nitrogens with one attached hydrogen (secondary N) is 1. The summed E-state index contributed by atoms with van der Waals surface area (Å²) in [6.45, 7) is 2.39. The van der Waals surface area contributed by atoms with Crippen molar-refractivity contribution in [3.8, 4) is 11.8 Å². The molecule has 1 aromatic carbocycles. The molecular weight excluding hydrogens is 376 g/mol. The molecule has 5 heteroatoms. The van der Waals surface area contributed by atoms with Crippen molar-refractivity contribution in [2.45, 2.75) is 90.4 Å². The van der Waals surface area contributed by atoms with Gasteiger partial charge in [-0.2, -0.15) is 5.26 Å². The standard InChI is InChI=1S/C25H40N2O3/c1-3-4-5-6-7-8-9-10-11-12-13-14-16-22(20-26)21-30-25(28)27-23-17-15-18-24(19-23)29-2/h15,17-19,22H,3-14,16,21H2,1-2H3,(H,27,28). The van der Waals surface area contributed by atoms with Crippen molar-refractivity contribution in [3.63, 3.8) is 0 Å². The van der Waals surface area contributed by atoms with Gasteiger partial charge in [-0.05, 0) is 18.6 Å². The summed E-state index contributed by atoms with van der Waals surface area (Å²) in [5.41, 5.74) is 0.605. The van der Waals surface area contributed by atoms with Crippen LogP contribution in [0.25, 0.3) is 0 Å². The fourth-order valence-corrected chi connectivity index (χ4v) is 3.45. The summed E-state index contributed by atoms with van der Waals surface area (Å²) in [6, 6.07) is 9.33. The second-order valence-electron chi connectivity index (χ2n) is 7.96. The van der Waals surface area contributed by atoms with Crippen LogP contribution in [-0.4, -0.2) is 19.8 Å². The molecule has 30 heavy (non-hydrogen) atoms. The van der Waals surface area contributed by atoms with E-state index in [-0.39, 0.29) is 12.5 Å². The lowest BCUT2D eigenvalue weighted by Crippen LogP contribution is -2.18. The van der Waals surface area contributed by atoms with E-state index >= 15 is 0 Å². The first-order chi connectivity index (χ1) is 14.7. The quantitative estimate of drug-likeness (QED) is 0.267. The highest BCUT2D eigenvalue weighted by atomic mass is 16.5. The van der Waals surface area contributed by atoms with Gasteiger partial charge in [0.2, 0.25) is 0 Å². The zero-order valence-corrected chi connectivity index (χ0v) is 19.0. The number of hydrogen-bond acceptors (Lipinski definition) is 4. The summed E-state index contributed by atoms with van der Waals surface area (Å²) >= 11 is 0. The second-order valence-corrected chi connectivity index (χ2v) is 7.96. The summed E-state index contributed by atoms with van der Waals surface area (Å²) < 4.78 is 10.3. The number of carbonyl (C=O) groups excluding carboxylic acids is 1. The molecule has 0 radical (unpaired) electrons. The van der Waals surface area contributed by atoms with Crippen LogP contribution < -0.4 is 10.1 Å². The topological polar surface area (TPSA) is 71.3 Å². The van der Waals surface area contributed by atoms with Crippen molar-refractivity contribution >= 4 is 11.8 Å². The average molecular weight is 417 g/mol. The highest BCUT2D eigenvalue weighted by molar-refractivity contribution is 5.84. The van der Waals surface area contributed by atoms with Gasteiger partial charge < -0.3 is 9.47 Å². The number of hydrogen-bond donors (Lipinski definition) is 1. The number of unbranched alkanes of at least 4 members (excludes halogenated alkanes) is 11. The zero-order valence-electron chi connectivity index (χ0n) is 19.0. The molecule has 1 atom stereocenters. The third-order valence-corrected chi connectivity index (χ3v) is 5.32. The zero-order chi connectivity index (χ0) is 21.9. The van der Waals surface area contributed by atoms with Gasteiger partial charge in [-0.25, -0.2) is 4.79 Å². The van der Waals surface area contributed by atoms with Crippen LogP contribution in [0.5, 0.6) is 5.75 Å². The molecule has 1 unspecified atom stereocenters. The van der Waals surface area contributed by atoms with E-state index in [1.165, 1.54) is 64.2 Å². The minimum absolute atomic E-state index is 0.129. The Balaban J connectivity index is 2.03. The highest BCUT2D eigenvalue weighted by Crippen LogP contribution is 2.18. The third kappa shape index (κ3) is 13.1. The number of amides is 1. The molecule has 0 bridgehead atoms. The SMILES string of the molecule is CCCCCCCCCCCCCCC(C#N)COC(=O)Nc1cccc(OC)c1. The van der Waals surface area contributed by atoms with Crippen LogP contribution in [0, 0.1) is 17.2 Å². The van der Waals surface area contributed by atoms with Gasteiger partial charge in [-0.3, -0.25) is 5.32 Å². The molecular formula is C25H40N2O3. The highest BCUT2D eigenvalue weighted by Gasteiger charge is 2.11. The van der Waals surface area contributed by atoms with Crippen LogP contribution in [0.3, 0.4) is 0 Å². The Labute approximate surface area is 183 Å². The maximum absolute atomic E-state index is 11.9. The minimum Gasteiger partial charge on any atom is -0.497 e. The molecule has 1 amide bonds. The van der Waals surface area contributed by atoms with Gasteiger partial charge in [0.05, 0.1) is 19.1 Å². The van der Waals surface area contributed by atoms with Gasteiger partial charge in [0.1, 0.15) is 12.4 Å². The molecule has 0 saturated carbocycles. The number of rotatable bonds is 17. The molecule has 5 nitrogen and oxygen atoms in total. The predicted molar refractivity (Wildman–Crippen MR) is 123 cm³/mol. The Hall–Kier alpha value is -2.22. The first-order valence-corrected chi connectivity index (χ1v) is 11.7. The van der Waals surface area contributed by atoms with E-state index in [0.29, 0.717) is 11.4 Å². The Morgan fingerprint density at radius 2 is 1.60 bits per heavy atom. The van der Waals surface area contributed by atoms with Crippen LogP contribution in [-0.2, 0) is 4.74 Å². The number of ether oxygens (including phenoxy) is 2. The van der Waals surface area contributed by atoms with E-state index in [1.807, 2.05) is 0 Å². The van der Waals surface area contributed by atoms with E-state index in [2.05, 4.69) is 18.3 Å². The van der Waals surface area contributed by atoms with Crippen molar-refractivity contribution in [1.29, 1.82) is 5.26 Å². The smallest absolute Gasteiger partial charge is 0.411 e. The van der Waals surface area contributed by atoms with Gasteiger partial charge in [0.25, 0.3) is 0 Å². The number of benzene rings is 1. The number of methoxy groups -OCH3 is 1. The number of anilines is 1. The molecule has 0 spiro atoms. The van der Waals surface area contributed by atoms with Crippen molar-refractivity contribution in [2.24, 2.45) is 5.92 Å². The molecule has 0 heterocycles. The normalized spacial score (nSPS) is 11.5. The van der Waals surface area contributed by atoms with Crippen molar-refractivity contribution in [3.05, 3.63) is 24.3 Å². The molecule has 0 saturated heterocycles. The summed E-state index contributed by atoms with van der Waals surface area (Å²) in [4.78, 5) is 11.9. The maximum atomic E-state index is 11.9. The van der Waals surface area contributed by atoms with Gasteiger partial charge >= 0.3 is 6.09 Å². The monoisotopic (exact) mass is 416 g/mol. The van der Waals surface area contributed by atoms with Crippen LogP contribution >= 0.6 is 0 Å². The summed E-state index contributed by atoms with van der Waals surface area (Å²) in [5.74, 6) is 0.416. The lowest BCUT2D eigenvalue weighted by atomic mass is 10.0. The summed E-state index contributed by atoms with van der Waals surface area (Å²) in [7, 11) is 1.57. The largest absolute Gasteiger partial charge is 0.497 e. The fraction of sp³-hybridized carbons (Fsp3) is 0.680. The lowest BCUT2D eigenvalue weighted by molar-refractivity contribution is 0.148. The van der Waals surface area contributed by atoms with Crippen LogP contribution in [0.15, 0.2) is 24.3 Å². The Morgan fingerprint density at radius 3 is 2.17 bits per heavy atom. The van der Waals surface area contributed by atoms with E-state index in [1.54, 1.807) is 31.4 Å². The average Bonchev–Trinajstić information content (AvgIpc) is 2.76. The fourth-order valence-electron chi connectivity index (χ4n) is 3.45. The molecule has 0 aliphatic rings. The van der Waals surface area contributed by atoms with Gasteiger partial charge in [0.15, 0.2) is 0 Å². The first-order valence-electron chi connectivity index (χ1n) is 11.7.